The molecule has 44 heavy (non-hydrogen) atoms. The Morgan fingerprint density at radius 2 is 1.61 bits per heavy atom. The summed E-state index contributed by atoms with van der Waals surface area (Å²) >= 11 is 6.11. The van der Waals surface area contributed by atoms with Gasteiger partial charge in [-0.3, -0.25) is 9.78 Å². The molecule has 3 aromatic carbocycles. The highest BCUT2D eigenvalue weighted by molar-refractivity contribution is 6.31. The van der Waals surface area contributed by atoms with E-state index in [4.69, 9.17) is 35.3 Å². The van der Waals surface area contributed by atoms with E-state index < -0.39 is 0 Å². The van der Waals surface area contributed by atoms with Gasteiger partial charge in [0.2, 0.25) is 5.75 Å². The summed E-state index contributed by atoms with van der Waals surface area (Å²) in [5.41, 5.74) is 3.65. The average Bonchev–Trinajstić information content (AvgIpc) is 3.53. The van der Waals surface area contributed by atoms with Crippen molar-refractivity contribution >= 4 is 40.4 Å². The largest absolute Gasteiger partial charge is 0.493 e. The number of methoxy groups -OCH3 is 4. The fourth-order valence-corrected chi connectivity index (χ4v) is 4.67. The van der Waals surface area contributed by atoms with Crippen LogP contribution in [0.1, 0.15) is 16.8 Å². The summed E-state index contributed by atoms with van der Waals surface area (Å²) in [4.78, 5) is 17.0. The Hall–Kier alpha value is -5.35. The van der Waals surface area contributed by atoms with Gasteiger partial charge in [0, 0.05) is 22.2 Å². The van der Waals surface area contributed by atoms with Crippen LogP contribution < -0.4 is 23.7 Å². The first-order valence-corrected chi connectivity index (χ1v) is 13.8. The van der Waals surface area contributed by atoms with Gasteiger partial charge in [0.05, 0.1) is 45.8 Å². The highest BCUT2D eigenvalue weighted by Crippen LogP contribution is 2.40. The predicted octanol–water partition coefficient (Wildman–Crippen LogP) is 6.38. The molecule has 0 saturated carbocycles. The number of hydrogen-bond acceptors (Lipinski definition) is 9. The lowest BCUT2D eigenvalue weighted by molar-refractivity contribution is -0.110. The van der Waals surface area contributed by atoms with Gasteiger partial charge in [-0.2, -0.15) is 0 Å². The molecule has 2 aromatic heterocycles. The predicted molar refractivity (Wildman–Crippen MR) is 168 cm³/mol. The highest BCUT2D eigenvalue weighted by Gasteiger charge is 2.14. The number of carbonyl (C=O) groups excluding carboxylic acids is 1. The maximum atomic E-state index is 12.6. The second-order valence-electron chi connectivity index (χ2n) is 9.34. The van der Waals surface area contributed by atoms with E-state index in [0.29, 0.717) is 45.0 Å². The first-order chi connectivity index (χ1) is 21.4. The monoisotopic (exact) mass is 612 g/mol. The first kappa shape index (κ1) is 30.1. The van der Waals surface area contributed by atoms with Gasteiger partial charge < -0.3 is 23.7 Å². The van der Waals surface area contributed by atoms with E-state index in [9.17, 15) is 4.79 Å². The van der Waals surface area contributed by atoms with Gasteiger partial charge in [-0.25, -0.2) is 4.68 Å². The van der Waals surface area contributed by atoms with E-state index in [1.807, 2.05) is 24.3 Å². The zero-order valence-corrected chi connectivity index (χ0v) is 25.2. The van der Waals surface area contributed by atoms with Gasteiger partial charge >= 0.3 is 0 Å². The van der Waals surface area contributed by atoms with Crippen molar-refractivity contribution in [1.29, 1.82) is 0 Å². The molecule has 11 heteroatoms. The Kier molecular flexibility index (Phi) is 9.41. The number of fused-ring (bicyclic) bond motifs is 1. The third-order valence-electron chi connectivity index (χ3n) is 6.63. The normalized spacial score (nSPS) is 11.3. The molecule has 0 radical (unpaired) electrons. The molecule has 5 aromatic rings. The average molecular weight is 613 g/mol. The zero-order chi connectivity index (χ0) is 31.1. The standard InChI is InChI=1S/C33H29ClN4O6/c1-40-30-14-8-22(32(42-3)33(30)43-4)7-11-25(39)10-5-21-6-13-29(31(17-21)41-2)44-20-24-19-38(37-36-24)28-15-16-35-27-18-23(34)9-12-26(27)28/h5-19H,20H2,1-4H3/b10-5+,11-7+. The number of pyridine rings is 1. The lowest BCUT2D eigenvalue weighted by Gasteiger charge is -2.13. The van der Waals surface area contributed by atoms with Crippen LogP contribution in [-0.2, 0) is 11.4 Å². The second-order valence-corrected chi connectivity index (χ2v) is 9.77. The van der Waals surface area contributed by atoms with Crippen molar-refractivity contribution in [2.24, 2.45) is 0 Å². The van der Waals surface area contributed by atoms with Gasteiger partial charge in [-0.1, -0.05) is 29.0 Å². The van der Waals surface area contributed by atoms with Crippen LogP contribution in [0.15, 0.2) is 79.1 Å². The van der Waals surface area contributed by atoms with E-state index in [2.05, 4.69) is 15.3 Å². The van der Waals surface area contributed by atoms with Gasteiger partial charge in [0.1, 0.15) is 12.3 Å². The smallest absolute Gasteiger partial charge is 0.203 e. The molecule has 0 N–H and O–H groups in total. The molecule has 0 fully saturated rings. The number of nitrogens with zero attached hydrogens (tertiary/aromatic N) is 4. The number of rotatable bonds is 12. The van der Waals surface area contributed by atoms with E-state index in [0.717, 1.165) is 22.2 Å². The molecule has 5 rings (SSSR count). The van der Waals surface area contributed by atoms with E-state index in [1.165, 1.54) is 26.4 Å². The van der Waals surface area contributed by atoms with Crippen LogP contribution in [-0.4, -0.2) is 54.2 Å². The molecule has 0 amide bonds. The molecule has 2 heterocycles. The minimum atomic E-state index is -0.214. The lowest BCUT2D eigenvalue weighted by atomic mass is 10.1. The third kappa shape index (κ3) is 6.66. The van der Waals surface area contributed by atoms with Gasteiger partial charge in [-0.05, 0) is 72.3 Å². The van der Waals surface area contributed by atoms with Crippen molar-refractivity contribution in [2.75, 3.05) is 28.4 Å². The van der Waals surface area contributed by atoms with Gasteiger partial charge in [-0.15, -0.1) is 5.10 Å². The van der Waals surface area contributed by atoms with Crippen LogP contribution in [0, 0.1) is 0 Å². The highest BCUT2D eigenvalue weighted by atomic mass is 35.5. The summed E-state index contributed by atoms with van der Waals surface area (Å²) < 4.78 is 29.4. The second kappa shape index (κ2) is 13.7. The minimum Gasteiger partial charge on any atom is -0.493 e. The van der Waals surface area contributed by atoms with Crippen LogP contribution in [0.3, 0.4) is 0 Å². The summed E-state index contributed by atoms with van der Waals surface area (Å²) in [6.45, 7) is 0.170. The van der Waals surface area contributed by atoms with Gasteiger partial charge in [0.25, 0.3) is 0 Å². The molecule has 0 saturated heterocycles. The summed E-state index contributed by atoms with van der Waals surface area (Å²) in [7, 11) is 6.16. The number of benzene rings is 3. The Balaban J connectivity index is 1.24. The topological polar surface area (TPSA) is 107 Å². The molecule has 0 aliphatic carbocycles. The van der Waals surface area contributed by atoms with Crippen LogP contribution in [0.5, 0.6) is 28.7 Å². The molecule has 0 spiro atoms. The van der Waals surface area contributed by atoms with Crippen LogP contribution >= 0.6 is 11.6 Å². The number of hydrogen-bond donors (Lipinski definition) is 0. The molecular weight excluding hydrogens is 584 g/mol. The Bertz CT molecular complexity index is 1870. The number of ketones is 1. The van der Waals surface area contributed by atoms with Crippen molar-refractivity contribution in [3.05, 3.63) is 101 Å². The van der Waals surface area contributed by atoms with Crippen LogP contribution in [0.2, 0.25) is 5.02 Å². The van der Waals surface area contributed by atoms with Crippen LogP contribution in [0.4, 0.5) is 0 Å². The first-order valence-electron chi connectivity index (χ1n) is 13.4. The Morgan fingerprint density at radius 3 is 2.39 bits per heavy atom. The lowest BCUT2D eigenvalue weighted by Crippen LogP contribution is -1.98. The van der Waals surface area contributed by atoms with Crippen molar-refractivity contribution in [3.8, 4) is 34.4 Å². The zero-order valence-electron chi connectivity index (χ0n) is 24.5. The molecule has 0 unspecified atom stereocenters. The molecule has 224 valence electrons. The third-order valence-corrected chi connectivity index (χ3v) is 6.87. The van der Waals surface area contributed by atoms with Crippen molar-refractivity contribution in [2.45, 2.75) is 6.61 Å². The number of allylic oxidation sites excluding steroid dienone is 2. The fourth-order valence-electron chi connectivity index (χ4n) is 4.51. The number of carbonyl (C=O) groups is 1. The Morgan fingerprint density at radius 1 is 0.841 bits per heavy atom. The summed E-state index contributed by atoms with van der Waals surface area (Å²) in [6.07, 6.45) is 9.77. The minimum absolute atomic E-state index is 0.170. The summed E-state index contributed by atoms with van der Waals surface area (Å²) in [6, 6.07) is 16.3. The van der Waals surface area contributed by atoms with Crippen molar-refractivity contribution in [1.82, 2.24) is 20.0 Å². The quantitative estimate of drug-likeness (QED) is 0.148. The molecule has 0 atom stereocenters. The maximum absolute atomic E-state index is 12.6. The van der Waals surface area contributed by atoms with E-state index in [-0.39, 0.29) is 12.4 Å². The van der Waals surface area contributed by atoms with Crippen molar-refractivity contribution in [3.63, 3.8) is 0 Å². The maximum Gasteiger partial charge on any atom is 0.203 e. The van der Waals surface area contributed by atoms with Crippen LogP contribution in [0.25, 0.3) is 28.7 Å². The number of ether oxygens (including phenoxy) is 5. The molecule has 0 aliphatic rings. The molecular formula is C33H29ClN4O6. The Labute approximate surface area is 259 Å². The SMILES string of the molecule is COc1cc(/C=C/C(=O)/C=C/c2ccc(OC)c(OC)c2OC)ccc1OCc1cn(-c2ccnc3cc(Cl)ccc23)nn1. The fraction of sp³-hybridized carbons (Fsp3) is 0.152. The number of aromatic nitrogens is 4. The molecule has 10 nitrogen and oxygen atoms in total. The summed E-state index contributed by atoms with van der Waals surface area (Å²) in [5.74, 6) is 2.27. The van der Waals surface area contributed by atoms with E-state index in [1.54, 1.807) is 73.8 Å². The molecule has 0 aliphatic heterocycles. The summed E-state index contributed by atoms with van der Waals surface area (Å²) in [5, 5.41) is 10.0. The van der Waals surface area contributed by atoms with E-state index >= 15 is 0 Å². The number of halogens is 1. The van der Waals surface area contributed by atoms with Crippen molar-refractivity contribution < 1.29 is 28.5 Å². The molecule has 0 bridgehead atoms. The van der Waals surface area contributed by atoms with Gasteiger partial charge in [0.15, 0.2) is 28.8 Å².